The van der Waals surface area contributed by atoms with Crippen LogP contribution in [-0.2, 0) is 17.9 Å². The summed E-state index contributed by atoms with van der Waals surface area (Å²) in [6.45, 7) is 0.986. The number of rotatable bonds is 7. The van der Waals surface area contributed by atoms with Crippen LogP contribution in [0.1, 0.15) is 11.1 Å². The van der Waals surface area contributed by atoms with Crippen LogP contribution in [0.2, 0.25) is 0 Å². The van der Waals surface area contributed by atoms with Crippen LogP contribution in [0.5, 0.6) is 5.75 Å². The summed E-state index contributed by atoms with van der Waals surface area (Å²) in [7, 11) is 0. The van der Waals surface area contributed by atoms with Crippen LogP contribution in [0.25, 0.3) is 0 Å². The van der Waals surface area contributed by atoms with Crippen molar-refractivity contribution in [2.24, 2.45) is 5.73 Å². The van der Waals surface area contributed by atoms with Gasteiger partial charge >= 0.3 is 0 Å². The van der Waals surface area contributed by atoms with Gasteiger partial charge in [0, 0.05) is 23.1 Å². The molecule has 0 aliphatic rings. The quantitative estimate of drug-likeness (QED) is 0.791. The molecule has 0 bridgehead atoms. The summed E-state index contributed by atoms with van der Waals surface area (Å²) in [5.41, 5.74) is 6.97. The summed E-state index contributed by atoms with van der Waals surface area (Å²) in [6, 6.07) is 11.8. The van der Waals surface area contributed by atoms with E-state index in [2.05, 4.69) is 21.2 Å². The number of ether oxygens (including phenoxy) is 1. The van der Waals surface area contributed by atoms with Gasteiger partial charge in [0.1, 0.15) is 11.6 Å². The molecule has 0 atom stereocenters. The molecule has 1 amide bonds. The Morgan fingerprint density at radius 1 is 1.18 bits per heavy atom. The average Bonchev–Trinajstić information content (AvgIpc) is 2.48. The molecule has 0 spiro atoms. The van der Waals surface area contributed by atoms with Gasteiger partial charge in [0.2, 0.25) is 0 Å². The molecule has 2 aromatic carbocycles. The zero-order chi connectivity index (χ0) is 15.9. The van der Waals surface area contributed by atoms with Crippen LogP contribution in [0.15, 0.2) is 46.9 Å². The van der Waals surface area contributed by atoms with Crippen LogP contribution in [0.3, 0.4) is 0 Å². The Balaban J connectivity index is 1.97. The molecule has 0 aliphatic carbocycles. The van der Waals surface area contributed by atoms with Crippen LogP contribution in [0.4, 0.5) is 4.39 Å². The number of hydrogen-bond donors (Lipinski definition) is 2. The van der Waals surface area contributed by atoms with Crippen LogP contribution in [0, 0.1) is 5.82 Å². The molecule has 0 heterocycles. The van der Waals surface area contributed by atoms with Gasteiger partial charge in [-0.05, 0) is 35.9 Å². The van der Waals surface area contributed by atoms with E-state index in [4.69, 9.17) is 10.5 Å². The summed E-state index contributed by atoms with van der Waals surface area (Å²) in [5, 5.41) is 3.25. The number of nitrogens with one attached hydrogen (secondary N) is 1. The van der Waals surface area contributed by atoms with Gasteiger partial charge in [-0.1, -0.05) is 28.1 Å². The number of benzene rings is 2. The molecular formula is C16H16BrFN2O2. The van der Waals surface area contributed by atoms with Crippen molar-refractivity contribution in [1.29, 1.82) is 0 Å². The first-order valence-electron chi connectivity index (χ1n) is 6.69. The molecule has 22 heavy (non-hydrogen) atoms. The number of carbonyl (C=O) groups excluding carboxylic acids is 1. The molecule has 0 fully saturated rings. The Morgan fingerprint density at radius 2 is 1.91 bits per heavy atom. The molecule has 116 valence electrons. The third-order valence-corrected chi connectivity index (χ3v) is 3.44. The molecule has 0 aromatic heterocycles. The van der Waals surface area contributed by atoms with Crippen LogP contribution >= 0.6 is 15.9 Å². The number of primary amides is 1. The van der Waals surface area contributed by atoms with Crippen molar-refractivity contribution in [3.63, 3.8) is 0 Å². The standard InChI is InChI=1S/C16H16BrFN2O2/c17-13-3-6-15(22-10-16(19)21)12(7-13)9-20-8-11-1-4-14(18)5-2-11/h1-7,20H,8-10H2,(H2,19,21). The molecule has 3 N–H and O–H groups in total. The Kier molecular flexibility index (Phi) is 5.91. The van der Waals surface area contributed by atoms with Gasteiger partial charge in [-0.3, -0.25) is 4.79 Å². The fourth-order valence-electron chi connectivity index (χ4n) is 1.92. The molecule has 0 radical (unpaired) electrons. The van der Waals surface area contributed by atoms with Crippen LogP contribution in [-0.4, -0.2) is 12.5 Å². The first kappa shape index (κ1) is 16.5. The maximum Gasteiger partial charge on any atom is 0.255 e. The van der Waals surface area contributed by atoms with Gasteiger partial charge in [-0.15, -0.1) is 0 Å². The summed E-state index contributed by atoms with van der Waals surface area (Å²) < 4.78 is 19.1. The van der Waals surface area contributed by atoms with Crippen molar-refractivity contribution in [3.05, 3.63) is 63.9 Å². The second-order valence-electron chi connectivity index (χ2n) is 4.74. The molecule has 6 heteroatoms. The highest BCUT2D eigenvalue weighted by atomic mass is 79.9. The lowest BCUT2D eigenvalue weighted by molar-refractivity contribution is -0.119. The van der Waals surface area contributed by atoms with Gasteiger partial charge in [-0.2, -0.15) is 0 Å². The lowest BCUT2D eigenvalue weighted by atomic mass is 10.2. The van der Waals surface area contributed by atoms with Gasteiger partial charge in [0.05, 0.1) is 0 Å². The van der Waals surface area contributed by atoms with E-state index in [0.717, 1.165) is 15.6 Å². The normalized spacial score (nSPS) is 10.5. The van der Waals surface area contributed by atoms with E-state index in [1.807, 2.05) is 12.1 Å². The predicted octanol–water partition coefficient (Wildman–Crippen LogP) is 2.74. The number of carbonyl (C=O) groups is 1. The predicted molar refractivity (Wildman–Crippen MR) is 85.8 cm³/mol. The molecule has 4 nitrogen and oxygen atoms in total. The monoisotopic (exact) mass is 366 g/mol. The fourth-order valence-corrected chi connectivity index (χ4v) is 2.33. The third-order valence-electron chi connectivity index (χ3n) is 2.95. The van der Waals surface area contributed by atoms with Gasteiger partial charge in [0.25, 0.3) is 5.91 Å². The van der Waals surface area contributed by atoms with Gasteiger partial charge in [-0.25, -0.2) is 4.39 Å². The maximum absolute atomic E-state index is 12.8. The molecule has 2 rings (SSSR count). The largest absolute Gasteiger partial charge is 0.483 e. The van der Waals surface area contributed by atoms with Crippen molar-refractivity contribution in [2.75, 3.05) is 6.61 Å². The summed E-state index contributed by atoms with van der Waals surface area (Å²) in [6.07, 6.45) is 0. The van der Waals surface area contributed by atoms with E-state index in [0.29, 0.717) is 18.8 Å². The van der Waals surface area contributed by atoms with Crippen molar-refractivity contribution >= 4 is 21.8 Å². The summed E-state index contributed by atoms with van der Waals surface area (Å²) >= 11 is 3.40. The zero-order valence-electron chi connectivity index (χ0n) is 11.8. The van der Waals surface area contributed by atoms with E-state index in [-0.39, 0.29) is 12.4 Å². The Labute approximate surface area is 136 Å². The van der Waals surface area contributed by atoms with Crippen molar-refractivity contribution in [2.45, 2.75) is 13.1 Å². The minimum atomic E-state index is -0.520. The second kappa shape index (κ2) is 7.91. The van der Waals surface area contributed by atoms with Crippen molar-refractivity contribution < 1.29 is 13.9 Å². The van der Waals surface area contributed by atoms with Crippen molar-refractivity contribution in [1.82, 2.24) is 5.32 Å². The molecule has 2 aromatic rings. The highest BCUT2D eigenvalue weighted by Crippen LogP contribution is 2.23. The SMILES string of the molecule is NC(=O)COc1ccc(Br)cc1CNCc1ccc(F)cc1. The number of amides is 1. The minimum absolute atomic E-state index is 0.160. The highest BCUT2D eigenvalue weighted by Gasteiger charge is 2.06. The maximum atomic E-state index is 12.8. The molecule has 0 unspecified atom stereocenters. The topological polar surface area (TPSA) is 64.4 Å². The Hall–Kier alpha value is -1.92. The smallest absolute Gasteiger partial charge is 0.255 e. The molecule has 0 saturated carbocycles. The van der Waals surface area contributed by atoms with Crippen LogP contribution < -0.4 is 15.8 Å². The molecular weight excluding hydrogens is 351 g/mol. The third kappa shape index (κ3) is 5.13. The Bertz CT molecular complexity index is 647. The highest BCUT2D eigenvalue weighted by molar-refractivity contribution is 9.10. The fraction of sp³-hybridized carbons (Fsp3) is 0.188. The molecule has 0 saturated heterocycles. The Morgan fingerprint density at radius 3 is 2.59 bits per heavy atom. The van der Waals surface area contributed by atoms with E-state index >= 15 is 0 Å². The number of nitrogens with two attached hydrogens (primary N) is 1. The average molecular weight is 367 g/mol. The minimum Gasteiger partial charge on any atom is -0.483 e. The summed E-state index contributed by atoms with van der Waals surface area (Å²) in [5.74, 6) is -0.167. The van der Waals surface area contributed by atoms with E-state index in [9.17, 15) is 9.18 Å². The van der Waals surface area contributed by atoms with Gasteiger partial charge < -0.3 is 15.8 Å². The lowest BCUT2D eigenvalue weighted by Crippen LogP contribution is -2.21. The summed E-state index contributed by atoms with van der Waals surface area (Å²) in [4.78, 5) is 10.8. The number of hydrogen-bond acceptors (Lipinski definition) is 3. The molecule has 0 aliphatic heterocycles. The van der Waals surface area contributed by atoms with E-state index in [1.54, 1.807) is 18.2 Å². The van der Waals surface area contributed by atoms with E-state index in [1.165, 1.54) is 12.1 Å². The van der Waals surface area contributed by atoms with Crippen molar-refractivity contribution in [3.8, 4) is 5.75 Å². The first-order valence-corrected chi connectivity index (χ1v) is 7.48. The van der Waals surface area contributed by atoms with E-state index < -0.39 is 5.91 Å². The first-order chi connectivity index (χ1) is 10.5. The van der Waals surface area contributed by atoms with Gasteiger partial charge in [0.15, 0.2) is 6.61 Å². The zero-order valence-corrected chi connectivity index (χ0v) is 13.4. The second-order valence-corrected chi connectivity index (χ2v) is 5.65. The number of halogens is 2. The lowest BCUT2D eigenvalue weighted by Gasteiger charge is -2.12.